The van der Waals surface area contributed by atoms with Gasteiger partial charge in [-0.15, -0.1) is 0 Å². The number of phosphoric acid groups is 1. The molecule has 1 amide bonds. The Balaban J connectivity index is 4.21. The van der Waals surface area contributed by atoms with Crippen LogP contribution >= 0.6 is 7.82 Å². The summed E-state index contributed by atoms with van der Waals surface area (Å²) >= 11 is 0. The predicted molar refractivity (Wildman–Crippen MR) is 304 cm³/mol. The van der Waals surface area contributed by atoms with Gasteiger partial charge < -0.3 is 19.8 Å². The summed E-state index contributed by atoms with van der Waals surface area (Å²) in [4.78, 5) is 23.2. The van der Waals surface area contributed by atoms with Crippen LogP contribution in [0.15, 0.2) is 158 Å². The standard InChI is InChI=1S/C61H99N2O6P/c1-6-8-10-12-14-16-18-19-20-21-22-23-24-25-26-27-28-29-30-31-32-33-34-35-36-37-38-39-40-41-42-43-45-47-49-51-53-55-61(65)62-59(58-69-70(66,67)68-57-56-63(3,4)5)60(64)54-52-50-48-46-44-17-15-13-11-9-7-2/h8,10-11,13-14,16,19-20,22-23,25-26,28-29,31-32,34-35,37-38,40-41,44,46,52,54,59-60,64H,6-7,9,12,15,17-18,21,24,27,30,33,36,39,42-43,45,47-51,53,55-58H2,1-5H3,(H-,62,65,66,67)/p+1/b10-8-,13-11+,16-14-,20-19-,23-22-,26-25-,29-28-,32-31-,35-34-,38-37-,41-40-,46-44+,54-52+. The van der Waals surface area contributed by atoms with Crippen LogP contribution in [0.2, 0.25) is 0 Å². The smallest absolute Gasteiger partial charge is 0.387 e. The van der Waals surface area contributed by atoms with Gasteiger partial charge in [-0.05, 0) is 116 Å². The van der Waals surface area contributed by atoms with Crippen LogP contribution in [-0.4, -0.2) is 73.4 Å². The fraction of sp³-hybridized carbons (Fsp3) is 0.557. The number of quaternary nitrogens is 1. The summed E-state index contributed by atoms with van der Waals surface area (Å²) in [5.41, 5.74) is 0. The number of amides is 1. The number of phosphoric ester groups is 1. The molecule has 0 aromatic carbocycles. The van der Waals surface area contributed by atoms with Gasteiger partial charge in [-0.2, -0.15) is 0 Å². The van der Waals surface area contributed by atoms with E-state index in [-0.39, 0.29) is 19.1 Å². The molecule has 0 aliphatic rings. The second-order valence-electron chi connectivity index (χ2n) is 18.5. The fourth-order valence-corrected chi connectivity index (χ4v) is 7.25. The summed E-state index contributed by atoms with van der Waals surface area (Å²) in [5.74, 6) is -0.216. The molecule has 0 aromatic heterocycles. The molecule has 0 aliphatic carbocycles. The Morgan fingerprint density at radius 3 is 1.30 bits per heavy atom. The first-order valence-corrected chi connectivity index (χ1v) is 28.4. The lowest BCUT2D eigenvalue weighted by Crippen LogP contribution is -2.45. The van der Waals surface area contributed by atoms with E-state index in [0.29, 0.717) is 17.4 Å². The fourth-order valence-electron chi connectivity index (χ4n) is 6.52. The van der Waals surface area contributed by atoms with Crippen LogP contribution in [0.5, 0.6) is 0 Å². The van der Waals surface area contributed by atoms with Crippen LogP contribution in [0, 0.1) is 0 Å². The molecule has 0 saturated heterocycles. The molecule has 394 valence electrons. The number of carbonyl (C=O) groups is 1. The van der Waals surface area contributed by atoms with Gasteiger partial charge in [0.15, 0.2) is 0 Å². The maximum absolute atomic E-state index is 12.9. The number of carbonyl (C=O) groups excluding carboxylic acids is 1. The number of likely N-dealkylation sites (N-methyl/N-ethyl adjacent to an activating group) is 1. The number of unbranched alkanes of at least 4 members (excludes halogenated alkanes) is 9. The Kier molecular flexibility index (Phi) is 47.3. The highest BCUT2D eigenvalue weighted by Crippen LogP contribution is 2.43. The maximum Gasteiger partial charge on any atom is 0.472 e. The molecule has 0 aliphatic heterocycles. The number of nitrogens with one attached hydrogen (secondary N) is 1. The number of aliphatic hydroxyl groups is 1. The summed E-state index contributed by atoms with van der Waals surface area (Å²) in [5, 5.41) is 13.8. The van der Waals surface area contributed by atoms with E-state index in [2.05, 4.69) is 165 Å². The highest BCUT2D eigenvalue weighted by atomic mass is 31.2. The average Bonchev–Trinajstić information content (AvgIpc) is 3.32. The number of hydrogen-bond acceptors (Lipinski definition) is 5. The Hall–Kier alpha value is -3.88. The van der Waals surface area contributed by atoms with Gasteiger partial charge in [0.1, 0.15) is 13.2 Å². The van der Waals surface area contributed by atoms with Gasteiger partial charge in [0, 0.05) is 6.42 Å². The zero-order chi connectivity index (χ0) is 51.3. The molecular formula is C61H100N2O6P+. The van der Waals surface area contributed by atoms with Gasteiger partial charge in [0.25, 0.3) is 0 Å². The van der Waals surface area contributed by atoms with Crippen molar-refractivity contribution in [3.63, 3.8) is 0 Å². The summed E-state index contributed by atoms with van der Waals surface area (Å²) in [6.07, 6.45) is 79.2. The summed E-state index contributed by atoms with van der Waals surface area (Å²) < 4.78 is 23.5. The minimum Gasteiger partial charge on any atom is -0.387 e. The molecule has 0 radical (unpaired) electrons. The molecule has 0 spiro atoms. The van der Waals surface area contributed by atoms with Crippen molar-refractivity contribution in [2.45, 2.75) is 180 Å². The van der Waals surface area contributed by atoms with Gasteiger partial charge in [-0.3, -0.25) is 13.8 Å². The zero-order valence-corrected chi connectivity index (χ0v) is 45.6. The van der Waals surface area contributed by atoms with E-state index in [9.17, 15) is 19.4 Å². The molecule has 0 bridgehead atoms. The number of nitrogens with zero attached hydrogens (tertiary/aromatic N) is 1. The summed E-state index contributed by atoms with van der Waals surface area (Å²) in [6.45, 7) is 4.54. The first-order chi connectivity index (χ1) is 34.0. The van der Waals surface area contributed by atoms with Crippen molar-refractivity contribution in [2.75, 3.05) is 40.9 Å². The lowest BCUT2D eigenvalue weighted by molar-refractivity contribution is -0.870. The number of hydrogen-bond donors (Lipinski definition) is 3. The van der Waals surface area contributed by atoms with E-state index in [1.54, 1.807) is 6.08 Å². The van der Waals surface area contributed by atoms with Crippen molar-refractivity contribution in [1.82, 2.24) is 5.32 Å². The quantitative estimate of drug-likeness (QED) is 0.0243. The molecule has 3 atom stereocenters. The molecule has 3 N–H and O–H groups in total. The third kappa shape index (κ3) is 52.0. The largest absolute Gasteiger partial charge is 0.472 e. The van der Waals surface area contributed by atoms with E-state index in [1.807, 2.05) is 27.2 Å². The Labute approximate surface area is 429 Å². The normalized spacial score (nSPS) is 15.2. The third-order valence-electron chi connectivity index (χ3n) is 10.7. The maximum atomic E-state index is 12.9. The van der Waals surface area contributed by atoms with Gasteiger partial charge in [-0.1, -0.05) is 204 Å². The van der Waals surface area contributed by atoms with Crippen molar-refractivity contribution in [2.24, 2.45) is 0 Å². The first-order valence-electron chi connectivity index (χ1n) is 26.9. The SMILES string of the molecule is CC/C=C\C/C=C\C/C=C\C/C=C\C/C=C\C/C=C\C/C=C\C/C=C\C/C=C\C/C=C\CCCCCCCCC(=O)NC(COP(=O)(O)OCC[N+](C)(C)C)C(O)/C=C/CC/C=C/CC/C=C/CCC. The van der Waals surface area contributed by atoms with E-state index in [1.165, 1.54) is 0 Å². The highest BCUT2D eigenvalue weighted by molar-refractivity contribution is 7.47. The van der Waals surface area contributed by atoms with Crippen molar-refractivity contribution >= 4 is 13.7 Å². The monoisotopic (exact) mass is 988 g/mol. The van der Waals surface area contributed by atoms with Crippen molar-refractivity contribution in [3.05, 3.63) is 158 Å². The van der Waals surface area contributed by atoms with Gasteiger partial charge >= 0.3 is 7.82 Å². The van der Waals surface area contributed by atoms with Gasteiger partial charge in [-0.25, -0.2) is 4.57 Å². The number of aliphatic hydroxyl groups excluding tert-OH is 1. The third-order valence-corrected chi connectivity index (χ3v) is 11.7. The molecule has 0 rings (SSSR count). The van der Waals surface area contributed by atoms with Gasteiger partial charge in [0.2, 0.25) is 5.91 Å². The van der Waals surface area contributed by atoms with E-state index < -0.39 is 20.0 Å². The molecule has 3 unspecified atom stereocenters. The van der Waals surface area contributed by atoms with Crippen LogP contribution in [0.1, 0.15) is 168 Å². The van der Waals surface area contributed by atoms with Crippen molar-refractivity contribution < 1.29 is 32.9 Å². The Bertz CT molecular complexity index is 1690. The van der Waals surface area contributed by atoms with Crippen LogP contribution in [0.25, 0.3) is 0 Å². The summed E-state index contributed by atoms with van der Waals surface area (Å²) in [7, 11) is 1.50. The van der Waals surface area contributed by atoms with E-state index >= 15 is 0 Å². The van der Waals surface area contributed by atoms with Crippen molar-refractivity contribution in [1.29, 1.82) is 0 Å². The minimum absolute atomic E-state index is 0.0411. The first kappa shape index (κ1) is 66.1. The lowest BCUT2D eigenvalue weighted by atomic mass is 10.1. The van der Waals surface area contributed by atoms with E-state index in [0.717, 1.165) is 148 Å². The van der Waals surface area contributed by atoms with Crippen LogP contribution in [0.4, 0.5) is 0 Å². The topological polar surface area (TPSA) is 105 Å². The number of allylic oxidation sites excluding steroid dienone is 25. The Morgan fingerprint density at radius 1 is 0.500 bits per heavy atom. The van der Waals surface area contributed by atoms with E-state index in [4.69, 9.17) is 9.05 Å². The van der Waals surface area contributed by atoms with Crippen LogP contribution in [0.3, 0.4) is 0 Å². The predicted octanol–water partition coefficient (Wildman–Crippen LogP) is 16.3. The minimum atomic E-state index is -4.37. The average molecular weight is 988 g/mol. The molecular weight excluding hydrogens is 888 g/mol. The van der Waals surface area contributed by atoms with Crippen molar-refractivity contribution in [3.8, 4) is 0 Å². The molecule has 0 heterocycles. The summed E-state index contributed by atoms with van der Waals surface area (Å²) in [6, 6.07) is -0.888. The molecule has 0 saturated carbocycles. The van der Waals surface area contributed by atoms with Crippen LogP contribution < -0.4 is 5.32 Å². The molecule has 0 fully saturated rings. The Morgan fingerprint density at radius 2 is 0.871 bits per heavy atom. The molecule has 8 nitrogen and oxygen atoms in total. The molecule has 70 heavy (non-hydrogen) atoms. The second-order valence-corrected chi connectivity index (χ2v) is 19.9. The number of rotatable bonds is 46. The lowest BCUT2D eigenvalue weighted by Gasteiger charge is -2.25. The van der Waals surface area contributed by atoms with Gasteiger partial charge in [0.05, 0.1) is 39.9 Å². The second kappa shape index (κ2) is 50.1. The molecule has 9 heteroatoms. The molecule has 0 aromatic rings. The zero-order valence-electron chi connectivity index (χ0n) is 44.7. The van der Waals surface area contributed by atoms with Crippen LogP contribution in [-0.2, 0) is 18.4 Å². The highest BCUT2D eigenvalue weighted by Gasteiger charge is 2.27.